The van der Waals surface area contributed by atoms with Gasteiger partial charge in [0.15, 0.2) is 23.2 Å². The molecule has 3 N–H and O–H groups in total. The van der Waals surface area contributed by atoms with E-state index in [1.807, 2.05) is 25.1 Å². The van der Waals surface area contributed by atoms with Gasteiger partial charge in [-0.05, 0) is 24.6 Å². The molecule has 8 heteroatoms. The first-order chi connectivity index (χ1) is 11.1. The summed E-state index contributed by atoms with van der Waals surface area (Å²) in [7, 11) is 0. The van der Waals surface area contributed by atoms with Crippen LogP contribution in [-0.2, 0) is 4.79 Å². The van der Waals surface area contributed by atoms with Crippen LogP contribution in [0.3, 0.4) is 0 Å². The summed E-state index contributed by atoms with van der Waals surface area (Å²) in [5.74, 6) is 0.0390. The number of hydrogen-bond donors (Lipinski definition) is 2. The Labute approximate surface area is 131 Å². The Kier molecular flexibility index (Phi) is 3.60. The number of aryl methyl sites for hydroxylation is 1. The molecule has 0 aliphatic heterocycles. The number of carbonyl (C=O) groups excluding carboxylic acids is 1. The van der Waals surface area contributed by atoms with Crippen molar-refractivity contribution in [2.24, 2.45) is 0 Å². The van der Waals surface area contributed by atoms with E-state index in [4.69, 9.17) is 11.0 Å². The van der Waals surface area contributed by atoms with E-state index < -0.39 is 5.91 Å². The van der Waals surface area contributed by atoms with Crippen molar-refractivity contribution in [3.05, 3.63) is 30.0 Å². The normalized spacial score (nSPS) is 10.4. The number of nitrogens with zero attached hydrogens (tertiary/aromatic N) is 4. The minimum Gasteiger partial charge on any atom is -0.337 e. The van der Waals surface area contributed by atoms with Gasteiger partial charge in [0, 0.05) is 0 Å². The maximum absolute atomic E-state index is 11.5. The molecule has 0 bridgehead atoms. The molecule has 1 aromatic carbocycles. The second kappa shape index (κ2) is 5.73. The van der Waals surface area contributed by atoms with E-state index in [9.17, 15) is 4.79 Å². The minimum atomic E-state index is -0.481. The van der Waals surface area contributed by atoms with Gasteiger partial charge in [-0.1, -0.05) is 6.07 Å². The number of aromatic amines is 1. The molecule has 2 heterocycles. The summed E-state index contributed by atoms with van der Waals surface area (Å²) in [6.07, 6.45) is 0.997. The molecule has 0 spiro atoms. The van der Waals surface area contributed by atoms with E-state index >= 15 is 0 Å². The zero-order chi connectivity index (χ0) is 16.4. The molecule has 0 fully saturated rings. The number of carbonyl (C=O) groups is 1. The summed E-state index contributed by atoms with van der Waals surface area (Å²) in [6, 6.07) is 7.52. The molecule has 0 saturated carbocycles. The molecular formula is C15H12N7O. The molecule has 0 aliphatic rings. The lowest BCUT2D eigenvalue weighted by atomic mass is 10.2. The van der Waals surface area contributed by atoms with E-state index in [2.05, 4.69) is 25.3 Å². The lowest BCUT2D eigenvalue weighted by Crippen LogP contribution is -2.12. The molecule has 1 radical (unpaired) electrons. The molecule has 0 unspecified atom stereocenters. The number of aromatic nitrogens is 4. The second-order valence-electron chi connectivity index (χ2n) is 4.94. The van der Waals surface area contributed by atoms with Crippen LogP contribution in [0, 0.1) is 18.3 Å². The molecule has 1 amide bonds. The molecule has 113 valence electrons. The van der Waals surface area contributed by atoms with Crippen LogP contribution < -0.4 is 11.1 Å². The molecule has 3 aromatic rings. The Hall–Kier alpha value is -3.47. The maximum atomic E-state index is 11.5. The van der Waals surface area contributed by atoms with Gasteiger partial charge < -0.3 is 10.3 Å². The van der Waals surface area contributed by atoms with E-state index in [1.165, 1.54) is 6.20 Å². The Bertz CT molecular complexity index is 939. The first-order valence-corrected chi connectivity index (χ1v) is 6.79. The van der Waals surface area contributed by atoms with Crippen LogP contribution in [0.25, 0.3) is 22.6 Å². The van der Waals surface area contributed by atoms with Crippen LogP contribution in [0.4, 0.5) is 11.6 Å². The third kappa shape index (κ3) is 2.94. The van der Waals surface area contributed by atoms with Crippen molar-refractivity contribution < 1.29 is 4.79 Å². The van der Waals surface area contributed by atoms with E-state index in [0.29, 0.717) is 5.82 Å². The van der Waals surface area contributed by atoms with Gasteiger partial charge in [-0.3, -0.25) is 10.5 Å². The topological polar surface area (TPSA) is 131 Å². The molecule has 8 nitrogen and oxygen atoms in total. The molecular weight excluding hydrogens is 294 g/mol. The lowest BCUT2D eigenvalue weighted by Gasteiger charge is -2.04. The van der Waals surface area contributed by atoms with Gasteiger partial charge in [0.2, 0.25) is 5.91 Å². The minimum absolute atomic E-state index is 0.0564. The van der Waals surface area contributed by atoms with Gasteiger partial charge in [0.1, 0.15) is 6.42 Å². The number of nitrogens with one attached hydrogen (secondary N) is 3. The Morgan fingerprint density at radius 2 is 2.26 bits per heavy atom. The van der Waals surface area contributed by atoms with Crippen LogP contribution in [0.5, 0.6) is 0 Å². The Morgan fingerprint density at radius 3 is 3.04 bits per heavy atom. The number of hydrogen-bond acceptors (Lipinski definition) is 5. The van der Waals surface area contributed by atoms with Crippen molar-refractivity contribution in [3.63, 3.8) is 0 Å². The van der Waals surface area contributed by atoms with Crippen LogP contribution in [0.2, 0.25) is 0 Å². The number of fused-ring (bicyclic) bond motifs is 1. The number of benzene rings is 1. The fraction of sp³-hybridized carbons (Fsp3) is 0.133. The third-order valence-corrected chi connectivity index (χ3v) is 3.14. The predicted octanol–water partition coefficient (Wildman–Crippen LogP) is 2.09. The van der Waals surface area contributed by atoms with Crippen molar-refractivity contribution >= 4 is 28.6 Å². The predicted molar refractivity (Wildman–Crippen MR) is 83.5 cm³/mol. The van der Waals surface area contributed by atoms with Crippen molar-refractivity contribution in [1.82, 2.24) is 25.7 Å². The SMILES string of the molecule is Cc1ccc2nc(-c3nc(NC(=O)CC#N)cnc3[NH])[nH]c2c1. The molecule has 2 aromatic heterocycles. The van der Waals surface area contributed by atoms with Gasteiger partial charge in [0.25, 0.3) is 0 Å². The zero-order valence-electron chi connectivity index (χ0n) is 12.2. The number of imidazole rings is 1. The molecule has 0 saturated heterocycles. The second-order valence-corrected chi connectivity index (χ2v) is 4.94. The summed E-state index contributed by atoms with van der Waals surface area (Å²) in [5.41, 5.74) is 10.8. The fourth-order valence-corrected chi connectivity index (χ4v) is 2.11. The molecule has 3 rings (SSSR count). The largest absolute Gasteiger partial charge is 0.337 e. The first-order valence-electron chi connectivity index (χ1n) is 6.79. The number of amides is 1. The van der Waals surface area contributed by atoms with E-state index in [-0.39, 0.29) is 23.8 Å². The Morgan fingerprint density at radius 1 is 1.43 bits per heavy atom. The molecule has 0 aliphatic carbocycles. The fourth-order valence-electron chi connectivity index (χ4n) is 2.11. The highest BCUT2D eigenvalue weighted by Gasteiger charge is 2.14. The Balaban J connectivity index is 2.00. The molecule has 23 heavy (non-hydrogen) atoms. The van der Waals surface area contributed by atoms with Crippen LogP contribution in [0.1, 0.15) is 12.0 Å². The number of nitriles is 1. The van der Waals surface area contributed by atoms with Crippen molar-refractivity contribution in [3.8, 4) is 17.6 Å². The van der Waals surface area contributed by atoms with Crippen molar-refractivity contribution in [2.75, 3.05) is 5.32 Å². The average molecular weight is 306 g/mol. The van der Waals surface area contributed by atoms with E-state index in [1.54, 1.807) is 6.07 Å². The van der Waals surface area contributed by atoms with Gasteiger partial charge in [-0.15, -0.1) is 0 Å². The zero-order valence-corrected chi connectivity index (χ0v) is 12.2. The summed E-state index contributed by atoms with van der Waals surface area (Å²) in [5, 5.41) is 11.0. The lowest BCUT2D eigenvalue weighted by molar-refractivity contribution is -0.115. The van der Waals surface area contributed by atoms with Crippen LogP contribution in [0.15, 0.2) is 24.4 Å². The highest BCUT2D eigenvalue weighted by atomic mass is 16.1. The quantitative estimate of drug-likeness (QED) is 0.764. The number of anilines is 1. The van der Waals surface area contributed by atoms with Gasteiger partial charge >= 0.3 is 0 Å². The highest BCUT2D eigenvalue weighted by Crippen LogP contribution is 2.25. The summed E-state index contributed by atoms with van der Waals surface area (Å²) in [6.45, 7) is 1.97. The summed E-state index contributed by atoms with van der Waals surface area (Å²) < 4.78 is 0. The average Bonchev–Trinajstić information content (AvgIpc) is 2.92. The number of H-pyrrole nitrogens is 1. The first kappa shape index (κ1) is 14.5. The van der Waals surface area contributed by atoms with Crippen molar-refractivity contribution in [2.45, 2.75) is 13.3 Å². The highest BCUT2D eigenvalue weighted by molar-refractivity contribution is 5.91. The summed E-state index contributed by atoms with van der Waals surface area (Å²) >= 11 is 0. The number of rotatable bonds is 3. The van der Waals surface area contributed by atoms with Gasteiger partial charge in [-0.25, -0.2) is 15.0 Å². The maximum Gasteiger partial charge on any atom is 0.239 e. The standard InChI is InChI=1S/C15H12N7O/c1-8-2-3-9-10(6-8)20-15(19-9)13-14(17)18-7-11(22-13)21-12(23)4-5-16/h2-3,6-7,17H,4H2,1H3,(H,19,20)(H,21,22,23). The smallest absolute Gasteiger partial charge is 0.239 e. The van der Waals surface area contributed by atoms with Gasteiger partial charge in [0.05, 0.1) is 23.3 Å². The van der Waals surface area contributed by atoms with Crippen molar-refractivity contribution in [1.29, 1.82) is 5.26 Å². The van der Waals surface area contributed by atoms with Crippen LogP contribution in [-0.4, -0.2) is 25.8 Å². The third-order valence-electron chi connectivity index (χ3n) is 3.14. The van der Waals surface area contributed by atoms with E-state index in [0.717, 1.165) is 16.6 Å². The van der Waals surface area contributed by atoms with Gasteiger partial charge in [-0.2, -0.15) is 5.26 Å². The monoisotopic (exact) mass is 306 g/mol. The summed E-state index contributed by atoms with van der Waals surface area (Å²) in [4.78, 5) is 27.1. The van der Waals surface area contributed by atoms with Crippen LogP contribution >= 0.6 is 0 Å². The molecule has 0 atom stereocenters.